The average molecular weight is 250 g/mol. The molecule has 2 nitrogen and oxygen atoms in total. The topological polar surface area (TPSA) is 29.3 Å². The van der Waals surface area contributed by atoms with Gasteiger partial charge in [-0.25, -0.2) is 4.39 Å². The Morgan fingerprint density at radius 2 is 2.17 bits per heavy atom. The molecule has 0 aliphatic heterocycles. The monoisotopic (exact) mass is 250 g/mol. The van der Waals surface area contributed by atoms with Gasteiger partial charge < -0.3 is 5.73 Å². The lowest BCUT2D eigenvalue weighted by atomic mass is 9.84. The summed E-state index contributed by atoms with van der Waals surface area (Å²) >= 11 is 0. The Balaban J connectivity index is 2.08. The minimum atomic E-state index is -0.142. The highest BCUT2D eigenvalue weighted by Crippen LogP contribution is 2.29. The van der Waals surface area contributed by atoms with E-state index in [-0.39, 0.29) is 11.9 Å². The molecule has 0 heterocycles. The molecule has 1 aromatic rings. The summed E-state index contributed by atoms with van der Waals surface area (Å²) in [7, 11) is 2.12. The van der Waals surface area contributed by atoms with E-state index in [1.165, 1.54) is 19.3 Å². The van der Waals surface area contributed by atoms with Crippen LogP contribution in [0.25, 0.3) is 0 Å². The maximum Gasteiger partial charge on any atom is 0.126 e. The van der Waals surface area contributed by atoms with Gasteiger partial charge in [0.2, 0.25) is 0 Å². The van der Waals surface area contributed by atoms with Crippen LogP contribution < -0.4 is 5.73 Å². The standard InChI is InChI=1S/C15H23FN2/c1-11-8-13(6-7-14(11)16)15(9-17)18(2)10-12-4-3-5-12/h6-8,12,15H,3-5,9-10,17H2,1-2H3. The SMILES string of the molecule is Cc1cc(C(CN)N(C)CC2CCC2)ccc1F. The van der Waals surface area contributed by atoms with Crippen molar-refractivity contribution in [3.63, 3.8) is 0 Å². The number of hydrogen-bond acceptors (Lipinski definition) is 2. The van der Waals surface area contributed by atoms with E-state index in [0.29, 0.717) is 12.1 Å². The van der Waals surface area contributed by atoms with Gasteiger partial charge in [0.15, 0.2) is 0 Å². The molecule has 1 atom stereocenters. The molecule has 1 unspecified atom stereocenters. The van der Waals surface area contributed by atoms with Crippen LogP contribution in [0.15, 0.2) is 18.2 Å². The maximum atomic E-state index is 13.3. The van der Waals surface area contributed by atoms with E-state index in [9.17, 15) is 4.39 Å². The summed E-state index contributed by atoms with van der Waals surface area (Å²) < 4.78 is 13.3. The Morgan fingerprint density at radius 1 is 1.44 bits per heavy atom. The summed E-state index contributed by atoms with van der Waals surface area (Å²) in [6.45, 7) is 3.48. The van der Waals surface area contributed by atoms with E-state index < -0.39 is 0 Å². The fraction of sp³-hybridized carbons (Fsp3) is 0.600. The second kappa shape index (κ2) is 5.81. The predicted molar refractivity (Wildman–Crippen MR) is 72.9 cm³/mol. The molecule has 100 valence electrons. The minimum absolute atomic E-state index is 0.142. The molecule has 1 saturated carbocycles. The fourth-order valence-electron chi connectivity index (χ4n) is 2.66. The van der Waals surface area contributed by atoms with Crippen molar-refractivity contribution in [2.75, 3.05) is 20.1 Å². The molecular formula is C15H23FN2. The van der Waals surface area contributed by atoms with Crippen molar-refractivity contribution in [3.05, 3.63) is 35.1 Å². The smallest absolute Gasteiger partial charge is 0.126 e. The molecule has 0 radical (unpaired) electrons. The Hall–Kier alpha value is -0.930. The quantitative estimate of drug-likeness (QED) is 0.870. The highest BCUT2D eigenvalue weighted by molar-refractivity contribution is 5.26. The Labute approximate surface area is 109 Å². The molecule has 2 N–H and O–H groups in total. The van der Waals surface area contributed by atoms with Crippen LogP contribution in [-0.4, -0.2) is 25.0 Å². The van der Waals surface area contributed by atoms with Gasteiger partial charge in [0, 0.05) is 19.1 Å². The molecule has 18 heavy (non-hydrogen) atoms. The third kappa shape index (κ3) is 2.90. The van der Waals surface area contributed by atoms with Crippen molar-refractivity contribution in [3.8, 4) is 0 Å². The number of benzene rings is 1. The van der Waals surface area contributed by atoms with E-state index in [1.807, 2.05) is 12.1 Å². The van der Waals surface area contributed by atoms with Crippen LogP contribution in [0.5, 0.6) is 0 Å². The summed E-state index contributed by atoms with van der Waals surface area (Å²) in [5, 5.41) is 0. The zero-order chi connectivity index (χ0) is 13.1. The number of aryl methyl sites for hydroxylation is 1. The van der Waals surface area contributed by atoms with E-state index >= 15 is 0 Å². The van der Waals surface area contributed by atoms with Gasteiger partial charge in [-0.15, -0.1) is 0 Å². The van der Waals surface area contributed by atoms with Crippen LogP contribution in [0.3, 0.4) is 0 Å². The lowest BCUT2D eigenvalue weighted by molar-refractivity contribution is 0.165. The molecule has 0 spiro atoms. The van der Waals surface area contributed by atoms with Crippen LogP contribution in [0.4, 0.5) is 4.39 Å². The molecule has 1 aromatic carbocycles. The summed E-state index contributed by atoms with van der Waals surface area (Å²) in [5.41, 5.74) is 7.71. The first-order chi connectivity index (χ1) is 8.61. The maximum absolute atomic E-state index is 13.3. The summed E-state index contributed by atoms with van der Waals surface area (Å²) in [6.07, 6.45) is 4.04. The Kier molecular flexibility index (Phi) is 4.36. The van der Waals surface area contributed by atoms with E-state index in [4.69, 9.17) is 5.73 Å². The van der Waals surface area contributed by atoms with Gasteiger partial charge in [0.1, 0.15) is 5.82 Å². The molecule has 1 aliphatic rings. The molecule has 0 aromatic heterocycles. The molecule has 2 rings (SSSR count). The van der Waals surface area contributed by atoms with Crippen LogP contribution in [0.2, 0.25) is 0 Å². The molecule has 0 bridgehead atoms. The number of halogens is 1. The second-order valence-electron chi connectivity index (χ2n) is 5.50. The first kappa shape index (κ1) is 13.5. The first-order valence-electron chi connectivity index (χ1n) is 6.78. The van der Waals surface area contributed by atoms with Gasteiger partial charge in [-0.1, -0.05) is 18.6 Å². The van der Waals surface area contributed by atoms with Crippen molar-refractivity contribution in [2.45, 2.75) is 32.2 Å². The van der Waals surface area contributed by atoms with Crippen LogP contribution in [-0.2, 0) is 0 Å². The molecule has 1 fully saturated rings. The van der Waals surface area contributed by atoms with Gasteiger partial charge in [0.25, 0.3) is 0 Å². The zero-order valence-corrected chi connectivity index (χ0v) is 11.3. The normalized spacial score (nSPS) is 17.8. The van der Waals surface area contributed by atoms with Crippen LogP contribution in [0, 0.1) is 18.7 Å². The second-order valence-corrected chi connectivity index (χ2v) is 5.50. The fourth-order valence-corrected chi connectivity index (χ4v) is 2.66. The van der Waals surface area contributed by atoms with E-state index in [0.717, 1.165) is 18.0 Å². The Bertz CT molecular complexity index is 401. The van der Waals surface area contributed by atoms with Crippen molar-refractivity contribution in [2.24, 2.45) is 11.7 Å². The van der Waals surface area contributed by atoms with Gasteiger partial charge in [-0.3, -0.25) is 4.90 Å². The number of hydrogen-bond donors (Lipinski definition) is 1. The summed E-state index contributed by atoms with van der Waals surface area (Å²) in [4.78, 5) is 2.32. The van der Waals surface area contributed by atoms with Crippen molar-refractivity contribution >= 4 is 0 Å². The van der Waals surface area contributed by atoms with Gasteiger partial charge in [-0.2, -0.15) is 0 Å². The zero-order valence-electron chi connectivity index (χ0n) is 11.3. The summed E-state index contributed by atoms with van der Waals surface area (Å²) in [5.74, 6) is 0.682. The lowest BCUT2D eigenvalue weighted by Crippen LogP contribution is -2.36. The number of nitrogens with zero attached hydrogens (tertiary/aromatic N) is 1. The molecule has 1 aliphatic carbocycles. The molecule has 3 heteroatoms. The van der Waals surface area contributed by atoms with Gasteiger partial charge >= 0.3 is 0 Å². The highest BCUT2D eigenvalue weighted by Gasteiger charge is 2.23. The van der Waals surface area contributed by atoms with Crippen molar-refractivity contribution < 1.29 is 4.39 Å². The van der Waals surface area contributed by atoms with Crippen LogP contribution in [0.1, 0.15) is 36.4 Å². The molecule has 0 amide bonds. The third-order valence-electron chi connectivity index (χ3n) is 4.09. The lowest BCUT2D eigenvalue weighted by Gasteiger charge is -2.34. The molecular weight excluding hydrogens is 227 g/mol. The minimum Gasteiger partial charge on any atom is -0.329 e. The van der Waals surface area contributed by atoms with Crippen molar-refractivity contribution in [1.29, 1.82) is 0 Å². The average Bonchev–Trinajstić information content (AvgIpc) is 2.29. The van der Waals surface area contributed by atoms with E-state index in [1.54, 1.807) is 13.0 Å². The summed E-state index contributed by atoms with van der Waals surface area (Å²) in [6, 6.07) is 5.52. The van der Waals surface area contributed by atoms with Gasteiger partial charge in [-0.05, 0) is 49.9 Å². The number of rotatable bonds is 5. The van der Waals surface area contributed by atoms with Crippen molar-refractivity contribution in [1.82, 2.24) is 4.90 Å². The Morgan fingerprint density at radius 3 is 2.67 bits per heavy atom. The predicted octanol–water partition coefficient (Wildman–Crippen LogP) is 2.87. The number of nitrogens with two attached hydrogens (primary N) is 1. The number of likely N-dealkylation sites (N-methyl/N-ethyl adjacent to an activating group) is 1. The molecule has 0 saturated heterocycles. The highest BCUT2D eigenvalue weighted by atomic mass is 19.1. The van der Waals surface area contributed by atoms with Gasteiger partial charge in [0.05, 0.1) is 0 Å². The largest absolute Gasteiger partial charge is 0.329 e. The third-order valence-corrected chi connectivity index (χ3v) is 4.09. The van der Waals surface area contributed by atoms with E-state index in [2.05, 4.69) is 11.9 Å². The first-order valence-corrected chi connectivity index (χ1v) is 6.78. The van der Waals surface area contributed by atoms with Crippen LogP contribution >= 0.6 is 0 Å².